The summed E-state index contributed by atoms with van der Waals surface area (Å²) in [7, 11) is 1.64. The van der Waals surface area contributed by atoms with Gasteiger partial charge in [0.15, 0.2) is 0 Å². The van der Waals surface area contributed by atoms with E-state index >= 15 is 0 Å². The van der Waals surface area contributed by atoms with Crippen molar-refractivity contribution in [2.45, 2.75) is 38.5 Å². The molecule has 0 aliphatic heterocycles. The number of fused-ring (bicyclic) bond motifs is 3. The number of aromatic nitrogens is 2. The molecular formula is C19H20N2O2S. The summed E-state index contributed by atoms with van der Waals surface area (Å²) in [6.07, 6.45) is 7.00. The highest BCUT2D eigenvalue weighted by Crippen LogP contribution is 2.33. The van der Waals surface area contributed by atoms with Gasteiger partial charge < -0.3 is 9.72 Å². The van der Waals surface area contributed by atoms with Crippen molar-refractivity contribution in [2.24, 2.45) is 0 Å². The molecule has 0 fully saturated rings. The summed E-state index contributed by atoms with van der Waals surface area (Å²) in [6.45, 7) is 0. The SMILES string of the molecule is COc1ccc(-c2nc3sc4c(c3c(=O)[nH]2)CCCCCC4)cc1. The molecule has 0 unspecified atom stereocenters. The molecule has 1 N–H and O–H groups in total. The largest absolute Gasteiger partial charge is 0.497 e. The zero-order valence-electron chi connectivity index (χ0n) is 13.7. The van der Waals surface area contributed by atoms with Gasteiger partial charge in [0.25, 0.3) is 5.56 Å². The maximum Gasteiger partial charge on any atom is 0.260 e. The lowest BCUT2D eigenvalue weighted by molar-refractivity contribution is 0.415. The van der Waals surface area contributed by atoms with Crippen LogP contribution in [0.3, 0.4) is 0 Å². The van der Waals surface area contributed by atoms with Gasteiger partial charge in [-0.05, 0) is 55.5 Å². The molecule has 0 bridgehead atoms. The molecule has 5 heteroatoms. The first kappa shape index (κ1) is 15.4. The quantitative estimate of drug-likeness (QED) is 0.756. The van der Waals surface area contributed by atoms with Gasteiger partial charge in [0.05, 0.1) is 12.5 Å². The van der Waals surface area contributed by atoms with Gasteiger partial charge >= 0.3 is 0 Å². The Morgan fingerprint density at radius 2 is 1.83 bits per heavy atom. The van der Waals surface area contributed by atoms with Crippen LogP contribution in [-0.2, 0) is 12.8 Å². The van der Waals surface area contributed by atoms with E-state index in [0.29, 0.717) is 5.82 Å². The summed E-state index contributed by atoms with van der Waals surface area (Å²) < 4.78 is 5.19. The van der Waals surface area contributed by atoms with Crippen LogP contribution in [0, 0.1) is 0 Å². The van der Waals surface area contributed by atoms with Gasteiger partial charge in [-0.25, -0.2) is 4.98 Å². The number of ether oxygens (including phenoxy) is 1. The summed E-state index contributed by atoms with van der Waals surface area (Å²) >= 11 is 1.70. The smallest absolute Gasteiger partial charge is 0.260 e. The van der Waals surface area contributed by atoms with E-state index in [1.807, 2.05) is 24.3 Å². The van der Waals surface area contributed by atoms with Crippen molar-refractivity contribution in [3.05, 3.63) is 45.1 Å². The number of hydrogen-bond acceptors (Lipinski definition) is 4. The highest BCUT2D eigenvalue weighted by Gasteiger charge is 2.18. The monoisotopic (exact) mass is 340 g/mol. The maximum atomic E-state index is 12.7. The lowest BCUT2D eigenvalue weighted by Crippen LogP contribution is -2.10. The summed E-state index contributed by atoms with van der Waals surface area (Å²) in [5, 5.41) is 0.814. The van der Waals surface area contributed by atoms with E-state index in [1.54, 1.807) is 18.4 Å². The minimum atomic E-state index is -0.0103. The Kier molecular flexibility index (Phi) is 4.10. The Balaban J connectivity index is 1.83. The molecule has 0 amide bonds. The van der Waals surface area contributed by atoms with E-state index in [9.17, 15) is 4.79 Å². The lowest BCUT2D eigenvalue weighted by Gasteiger charge is -2.08. The molecule has 3 aromatic rings. The van der Waals surface area contributed by atoms with Crippen molar-refractivity contribution in [3.8, 4) is 17.1 Å². The molecule has 1 aliphatic carbocycles. The second kappa shape index (κ2) is 6.40. The van der Waals surface area contributed by atoms with Crippen LogP contribution >= 0.6 is 11.3 Å². The van der Waals surface area contributed by atoms with E-state index in [4.69, 9.17) is 9.72 Å². The topological polar surface area (TPSA) is 55.0 Å². The second-order valence-corrected chi connectivity index (χ2v) is 7.32. The zero-order valence-corrected chi connectivity index (χ0v) is 14.5. The summed E-state index contributed by atoms with van der Waals surface area (Å²) in [6, 6.07) is 7.61. The number of aryl methyl sites for hydroxylation is 2. The molecule has 124 valence electrons. The third kappa shape index (κ3) is 2.73. The average Bonchev–Trinajstić information content (AvgIpc) is 2.92. The third-order valence-corrected chi connectivity index (χ3v) is 5.87. The number of aromatic amines is 1. The third-order valence-electron chi connectivity index (χ3n) is 4.69. The molecule has 0 spiro atoms. The Labute approximate surface area is 144 Å². The van der Waals surface area contributed by atoms with Crippen molar-refractivity contribution in [3.63, 3.8) is 0 Å². The fraction of sp³-hybridized carbons (Fsp3) is 0.368. The number of H-pyrrole nitrogens is 1. The minimum Gasteiger partial charge on any atom is -0.497 e. The van der Waals surface area contributed by atoms with Crippen molar-refractivity contribution in [2.75, 3.05) is 7.11 Å². The number of nitrogens with zero attached hydrogens (tertiary/aromatic N) is 1. The van der Waals surface area contributed by atoms with E-state index in [0.717, 1.165) is 34.4 Å². The zero-order chi connectivity index (χ0) is 16.5. The van der Waals surface area contributed by atoms with Gasteiger partial charge in [-0.2, -0.15) is 0 Å². The van der Waals surface area contributed by atoms with Crippen LogP contribution in [0.4, 0.5) is 0 Å². The molecule has 0 atom stereocenters. The lowest BCUT2D eigenvalue weighted by atomic mass is 9.98. The number of hydrogen-bond donors (Lipinski definition) is 1. The van der Waals surface area contributed by atoms with Gasteiger partial charge in [-0.3, -0.25) is 4.79 Å². The first-order valence-electron chi connectivity index (χ1n) is 8.45. The van der Waals surface area contributed by atoms with Crippen LogP contribution < -0.4 is 10.3 Å². The van der Waals surface area contributed by atoms with Gasteiger partial charge in [-0.15, -0.1) is 11.3 Å². The van der Waals surface area contributed by atoms with Crippen LogP contribution in [0.2, 0.25) is 0 Å². The Morgan fingerprint density at radius 3 is 2.58 bits per heavy atom. The number of nitrogens with one attached hydrogen (secondary N) is 1. The Bertz CT molecular complexity index is 925. The second-order valence-electron chi connectivity index (χ2n) is 6.24. The van der Waals surface area contributed by atoms with E-state index in [2.05, 4.69) is 4.98 Å². The van der Waals surface area contributed by atoms with Crippen molar-refractivity contribution < 1.29 is 4.74 Å². The van der Waals surface area contributed by atoms with Crippen molar-refractivity contribution >= 4 is 21.6 Å². The summed E-state index contributed by atoms with van der Waals surface area (Å²) in [5.41, 5.74) is 2.13. The molecule has 0 saturated carbocycles. The van der Waals surface area contributed by atoms with Gasteiger partial charge in [-0.1, -0.05) is 12.8 Å². The van der Waals surface area contributed by atoms with E-state index < -0.39 is 0 Å². The predicted octanol–water partition coefficient (Wildman–Crippen LogP) is 4.32. The average molecular weight is 340 g/mol. The van der Waals surface area contributed by atoms with E-state index in [-0.39, 0.29) is 5.56 Å². The molecule has 1 aromatic carbocycles. The van der Waals surface area contributed by atoms with Crippen molar-refractivity contribution in [1.82, 2.24) is 9.97 Å². The van der Waals surface area contributed by atoms with Gasteiger partial charge in [0.2, 0.25) is 0 Å². The number of benzene rings is 1. The van der Waals surface area contributed by atoms with Crippen LogP contribution in [0.5, 0.6) is 5.75 Å². The molecule has 2 heterocycles. The van der Waals surface area contributed by atoms with E-state index in [1.165, 1.54) is 36.1 Å². The highest BCUT2D eigenvalue weighted by atomic mass is 32.1. The minimum absolute atomic E-state index is 0.0103. The molecule has 0 saturated heterocycles. The number of methoxy groups -OCH3 is 1. The molecule has 4 nitrogen and oxygen atoms in total. The van der Waals surface area contributed by atoms with Crippen LogP contribution in [0.1, 0.15) is 36.1 Å². The van der Waals surface area contributed by atoms with Crippen LogP contribution in [-0.4, -0.2) is 17.1 Å². The maximum absolute atomic E-state index is 12.7. The van der Waals surface area contributed by atoms with Gasteiger partial charge in [0, 0.05) is 10.4 Å². The summed E-state index contributed by atoms with van der Waals surface area (Å²) in [4.78, 5) is 22.7. The normalized spacial score (nSPS) is 14.9. The van der Waals surface area contributed by atoms with Gasteiger partial charge in [0.1, 0.15) is 16.4 Å². The molecular weight excluding hydrogens is 320 g/mol. The Morgan fingerprint density at radius 1 is 1.08 bits per heavy atom. The standard InChI is InChI=1S/C19H20N2O2S/c1-23-13-10-8-12(9-11-13)17-20-18(22)16-14-6-4-2-3-5-7-15(14)24-19(16)21-17/h8-11H,2-7H2,1H3,(H,20,21,22). The summed E-state index contributed by atoms with van der Waals surface area (Å²) in [5.74, 6) is 1.42. The fourth-order valence-electron chi connectivity index (χ4n) is 3.40. The molecule has 4 rings (SSSR count). The van der Waals surface area contributed by atoms with Crippen LogP contribution in [0.15, 0.2) is 29.1 Å². The molecule has 2 aromatic heterocycles. The molecule has 24 heavy (non-hydrogen) atoms. The highest BCUT2D eigenvalue weighted by molar-refractivity contribution is 7.18. The number of rotatable bonds is 2. The first-order valence-corrected chi connectivity index (χ1v) is 9.27. The fourth-order valence-corrected chi connectivity index (χ4v) is 4.67. The molecule has 0 radical (unpaired) electrons. The molecule has 1 aliphatic rings. The van der Waals surface area contributed by atoms with Crippen LogP contribution in [0.25, 0.3) is 21.6 Å². The predicted molar refractivity (Wildman–Crippen MR) is 98.1 cm³/mol. The first-order chi connectivity index (χ1) is 11.8. The van der Waals surface area contributed by atoms with Crippen molar-refractivity contribution in [1.29, 1.82) is 0 Å². The Hall–Kier alpha value is -2.14. The number of thiophene rings is 1.